The van der Waals surface area contributed by atoms with Gasteiger partial charge < -0.3 is 15.1 Å². The molecular formula is C17H33N3. The first-order chi connectivity index (χ1) is 9.73. The lowest BCUT2D eigenvalue weighted by Crippen LogP contribution is -2.46. The maximum absolute atomic E-state index is 3.50. The zero-order valence-corrected chi connectivity index (χ0v) is 13.4. The van der Waals surface area contributed by atoms with Gasteiger partial charge in [-0.1, -0.05) is 6.92 Å². The highest BCUT2D eigenvalue weighted by atomic mass is 15.2. The molecule has 3 saturated heterocycles. The van der Waals surface area contributed by atoms with E-state index in [4.69, 9.17) is 0 Å². The summed E-state index contributed by atoms with van der Waals surface area (Å²) in [6, 6.07) is 0. The van der Waals surface area contributed by atoms with Gasteiger partial charge in [-0.25, -0.2) is 0 Å². The van der Waals surface area contributed by atoms with Gasteiger partial charge in [0, 0.05) is 13.1 Å². The molecule has 0 amide bonds. The molecule has 3 heterocycles. The van der Waals surface area contributed by atoms with Crippen molar-refractivity contribution >= 4 is 0 Å². The Morgan fingerprint density at radius 2 is 1.60 bits per heavy atom. The fourth-order valence-corrected chi connectivity index (χ4v) is 4.39. The van der Waals surface area contributed by atoms with Crippen molar-refractivity contribution in [2.75, 3.05) is 52.4 Å². The van der Waals surface area contributed by atoms with E-state index < -0.39 is 0 Å². The zero-order valence-electron chi connectivity index (χ0n) is 13.4. The second-order valence-electron chi connectivity index (χ2n) is 7.79. The van der Waals surface area contributed by atoms with Crippen molar-refractivity contribution in [1.82, 2.24) is 15.1 Å². The summed E-state index contributed by atoms with van der Waals surface area (Å²) in [6.45, 7) is 13.1. The number of nitrogens with zero attached hydrogens (tertiary/aromatic N) is 2. The maximum Gasteiger partial charge on any atom is 0.00363 e. The lowest BCUT2D eigenvalue weighted by Gasteiger charge is -2.41. The Balaban J connectivity index is 1.39. The van der Waals surface area contributed by atoms with E-state index in [0.29, 0.717) is 5.41 Å². The smallest absolute Gasteiger partial charge is 0.00363 e. The van der Waals surface area contributed by atoms with Gasteiger partial charge in [-0.2, -0.15) is 0 Å². The highest BCUT2D eigenvalue weighted by molar-refractivity contribution is 4.86. The highest BCUT2D eigenvalue weighted by Crippen LogP contribution is 2.31. The van der Waals surface area contributed by atoms with E-state index in [9.17, 15) is 0 Å². The van der Waals surface area contributed by atoms with Crippen molar-refractivity contribution < 1.29 is 0 Å². The number of likely N-dealkylation sites (tertiary alicyclic amines) is 2. The van der Waals surface area contributed by atoms with Gasteiger partial charge in [0.15, 0.2) is 0 Å². The van der Waals surface area contributed by atoms with Crippen LogP contribution in [0.3, 0.4) is 0 Å². The molecule has 3 aliphatic rings. The van der Waals surface area contributed by atoms with Crippen LogP contribution in [-0.2, 0) is 0 Å². The van der Waals surface area contributed by atoms with Crippen LogP contribution < -0.4 is 5.32 Å². The molecule has 116 valence electrons. The van der Waals surface area contributed by atoms with Gasteiger partial charge in [0.25, 0.3) is 0 Å². The quantitative estimate of drug-likeness (QED) is 0.851. The molecule has 0 radical (unpaired) electrons. The van der Waals surface area contributed by atoms with E-state index in [1.54, 1.807) is 0 Å². The van der Waals surface area contributed by atoms with E-state index in [2.05, 4.69) is 22.0 Å². The Hall–Kier alpha value is -0.120. The van der Waals surface area contributed by atoms with E-state index >= 15 is 0 Å². The number of nitrogens with one attached hydrogen (secondary N) is 1. The first kappa shape index (κ1) is 14.8. The van der Waals surface area contributed by atoms with Crippen LogP contribution >= 0.6 is 0 Å². The van der Waals surface area contributed by atoms with Crippen LogP contribution in [0.1, 0.15) is 45.4 Å². The molecule has 0 bridgehead atoms. The number of hydrogen-bond acceptors (Lipinski definition) is 3. The molecule has 3 rings (SSSR count). The first-order valence-corrected chi connectivity index (χ1v) is 8.89. The second kappa shape index (κ2) is 6.76. The van der Waals surface area contributed by atoms with Crippen molar-refractivity contribution in [3.63, 3.8) is 0 Å². The van der Waals surface area contributed by atoms with Crippen molar-refractivity contribution in [3.05, 3.63) is 0 Å². The molecule has 0 aromatic heterocycles. The number of hydrogen-bond donors (Lipinski definition) is 1. The van der Waals surface area contributed by atoms with Crippen LogP contribution in [0.25, 0.3) is 0 Å². The molecule has 3 heteroatoms. The molecule has 20 heavy (non-hydrogen) atoms. The summed E-state index contributed by atoms with van der Waals surface area (Å²) in [5.41, 5.74) is 0.576. The SMILES string of the molecule is CC1(CN2CCC(CN3CCCC3)CC2)CCNCC1. The molecular weight excluding hydrogens is 246 g/mol. The summed E-state index contributed by atoms with van der Waals surface area (Å²) < 4.78 is 0. The highest BCUT2D eigenvalue weighted by Gasteiger charge is 2.31. The van der Waals surface area contributed by atoms with Crippen molar-refractivity contribution in [3.8, 4) is 0 Å². The van der Waals surface area contributed by atoms with E-state index in [1.165, 1.54) is 90.9 Å². The number of piperidine rings is 2. The Labute approximate surface area is 125 Å². The van der Waals surface area contributed by atoms with Crippen LogP contribution in [0.4, 0.5) is 0 Å². The van der Waals surface area contributed by atoms with E-state index in [-0.39, 0.29) is 0 Å². The van der Waals surface area contributed by atoms with Gasteiger partial charge in [-0.15, -0.1) is 0 Å². The molecule has 0 aromatic rings. The Morgan fingerprint density at radius 1 is 0.950 bits per heavy atom. The summed E-state index contributed by atoms with van der Waals surface area (Å²) >= 11 is 0. The van der Waals surface area contributed by atoms with E-state index in [1.807, 2.05) is 0 Å². The molecule has 0 aliphatic carbocycles. The summed E-state index contributed by atoms with van der Waals surface area (Å²) in [6.07, 6.45) is 8.47. The average molecular weight is 279 g/mol. The normalized spacial score (nSPS) is 29.9. The van der Waals surface area contributed by atoms with Crippen LogP contribution in [0.15, 0.2) is 0 Å². The standard InChI is InChI=1S/C17H33N3/c1-17(6-8-18-9-7-17)15-20-12-4-16(5-13-20)14-19-10-2-3-11-19/h16,18H,2-15H2,1H3. The maximum atomic E-state index is 3.50. The molecule has 3 fully saturated rings. The molecule has 0 saturated carbocycles. The Morgan fingerprint density at radius 3 is 2.25 bits per heavy atom. The third-order valence-electron chi connectivity index (χ3n) is 5.84. The monoisotopic (exact) mass is 279 g/mol. The number of rotatable bonds is 4. The minimum absolute atomic E-state index is 0.576. The molecule has 0 atom stereocenters. The summed E-state index contributed by atoms with van der Waals surface area (Å²) in [4.78, 5) is 5.46. The summed E-state index contributed by atoms with van der Waals surface area (Å²) in [5.74, 6) is 0.977. The first-order valence-electron chi connectivity index (χ1n) is 8.89. The molecule has 0 aromatic carbocycles. The zero-order chi connectivity index (χ0) is 13.8. The largest absolute Gasteiger partial charge is 0.317 e. The average Bonchev–Trinajstić information content (AvgIpc) is 2.94. The van der Waals surface area contributed by atoms with Gasteiger partial charge in [0.2, 0.25) is 0 Å². The fourth-order valence-electron chi connectivity index (χ4n) is 4.39. The van der Waals surface area contributed by atoms with Crippen LogP contribution in [0, 0.1) is 11.3 Å². The Kier molecular flexibility index (Phi) is 5.00. The van der Waals surface area contributed by atoms with Crippen LogP contribution in [-0.4, -0.2) is 62.2 Å². The van der Waals surface area contributed by atoms with Crippen molar-refractivity contribution in [2.45, 2.75) is 45.4 Å². The third-order valence-corrected chi connectivity index (χ3v) is 5.84. The van der Waals surface area contributed by atoms with Gasteiger partial charge in [0.05, 0.1) is 0 Å². The van der Waals surface area contributed by atoms with Crippen molar-refractivity contribution in [1.29, 1.82) is 0 Å². The van der Waals surface area contributed by atoms with Crippen molar-refractivity contribution in [2.24, 2.45) is 11.3 Å². The molecule has 0 unspecified atom stereocenters. The van der Waals surface area contributed by atoms with Gasteiger partial charge in [-0.3, -0.25) is 0 Å². The lowest BCUT2D eigenvalue weighted by atomic mass is 9.80. The summed E-state index contributed by atoms with van der Waals surface area (Å²) in [7, 11) is 0. The van der Waals surface area contributed by atoms with E-state index in [0.717, 1.165) is 5.92 Å². The molecule has 1 N–H and O–H groups in total. The topological polar surface area (TPSA) is 18.5 Å². The Bertz CT molecular complexity index is 285. The van der Waals surface area contributed by atoms with Gasteiger partial charge in [-0.05, 0) is 89.1 Å². The third kappa shape index (κ3) is 3.96. The molecule has 3 nitrogen and oxygen atoms in total. The predicted molar refractivity (Wildman–Crippen MR) is 85.0 cm³/mol. The minimum atomic E-state index is 0.576. The van der Waals surface area contributed by atoms with Crippen LogP contribution in [0.2, 0.25) is 0 Å². The molecule has 3 aliphatic heterocycles. The second-order valence-corrected chi connectivity index (χ2v) is 7.79. The summed E-state index contributed by atoms with van der Waals surface area (Å²) in [5, 5.41) is 3.50. The van der Waals surface area contributed by atoms with Crippen LogP contribution in [0.5, 0.6) is 0 Å². The fraction of sp³-hybridized carbons (Fsp3) is 1.00. The lowest BCUT2D eigenvalue weighted by molar-refractivity contribution is 0.0883. The molecule has 0 spiro atoms. The van der Waals surface area contributed by atoms with Gasteiger partial charge >= 0.3 is 0 Å². The van der Waals surface area contributed by atoms with Gasteiger partial charge in [0.1, 0.15) is 0 Å². The predicted octanol–water partition coefficient (Wildman–Crippen LogP) is 2.18. The minimum Gasteiger partial charge on any atom is -0.317 e.